The maximum Gasteiger partial charge on any atom is 0.161 e. The average molecular weight is 279 g/mol. The van der Waals surface area contributed by atoms with Crippen LogP contribution in [-0.2, 0) is 11.2 Å². The van der Waals surface area contributed by atoms with Crippen LogP contribution in [0.25, 0.3) is 0 Å². The van der Waals surface area contributed by atoms with Crippen LogP contribution >= 0.6 is 0 Å². The lowest BCUT2D eigenvalue weighted by molar-refractivity contribution is 0.161. The molecular weight excluding hydrogens is 254 g/mol. The zero-order valence-corrected chi connectivity index (χ0v) is 12.6. The van der Waals surface area contributed by atoms with Gasteiger partial charge in [0.15, 0.2) is 11.5 Å². The van der Waals surface area contributed by atoms with Crippen LogP contribution in [0, 0.1) is 5.92 Å². The average Bonchev–Trinajstić information content (AvgIpc) is 3.02. The topological polar surface area (TPSA) is 39.7 Å². The van der Waals surface area contributed by atoms with Crippen LogP contribution in [0.2, 0.25) is 0 Å². The Morgan fingerprint density at radius 2 is 2.25 bits per heavy atom. The Balaban J connectivity index is 1.98. The maximum atomic E-state index is 5.95. The lowest BCUT2D eigenvalue weighted by Crippen LogP contribution is -2.39. The van der Waals surface area contributed by atoms with E-state index in [2.05, 4.69) is 18.3 Å². The first-order valence-corrected chi connectivity index (χ1v) is 7.33. The van der Waals surface area contributed by atoms with E-state index >= 15 is 0 Å². The van der Waals surface area contributed by atoms with E-state index in [-0.39, 0.29) is 0 Å². The van der Waals surface area contributed by atoms with Gasteiger partial charge in [-0.15, -0.1) is 0 Å². The highest BCUT2D eigenvalue weighted by Crippen LogP contribution is 2.29. The summed E-state index contributed by atoms with van der Waals surface area (Å²) in [7, 11) is 3.66. The van der Waals surface area contributed by atoms with Crippen molar-refractivity contribution < 1.29 is 14.2 Å². The van der Waals surface area contributed by atoms with Gasteiger partial charge in [-0.05, 0) is 37.6 Å². The lowest BCUT2D eigenvalue weighted by Gasteiger charge is -2.22. The molecule has 0 saturated carbocycles. The number of likely N-dealkylation sites (N-methyl/N-ethyl adjacent to an activating group) is 1. The summed E-state index contributed by atoms with van der Waals surface area (Å²) in [4.78, 5) is 0. The molecule has 1 heterocycles. The van der Waals surface area contributed by atoms with Gasteiger partial charge < -0.3 is 19.5 Å². The van der Waals surface area contributed by atoms with Crippen LogP contribution < -0.4 is 14.8 Å². The summed E-state index contributed by atoms with van der Waals surface area (Å²) in [5, 5.41) is 3.33. The Bertz CT molecular complexity index is 416. The van der Waals surface area contributed by atoms with Gasteiger partial charge in [-0.3, -0.25) is 0 Å². The van der Waals surface area contributed by atoms with E-state index < -0.39 is 0 Å². The summed E-state index contributed by atoms with van der Waals surface area (Å²) < 4.78 is 16.8. The molecule has 1 aliphatic heterocycles. The molecular formula is C16H25NO3. The van der Waals surface area contributed by atoms with Crippen LogP contribution in [0.4, 0.5) is 0 Å². The monoisotopic (exact) mass is 279 g/mol. The molecule has 1 aromatic rings. The molecule has 0 aliphatic carbocycles. The first-order chi connectivity index (χ1) is 9.78. The van der Waals surface area contributed by atoms with E-state index in [1.54, 1.807) is 7.11 Å². The van der Waals surface area contributed by atoms with Crippen molar-refractivity contribution in [3.63, 3.8) is 0 Å². The quantitative estimate of drug-likeness (QED) is 0.831. The van der Waals surface area contributed by atoms with Crippen molar-refractivity contribution in [1.29, 1.82) is 0 Å². The van der Waals surface area contributed by atoms with Gasteiger partial charge >= 0.3 is 0 Å². The molecule has 0 aromatic heterocycles. The van der Waals surface area contributed by atoms with Crippen LogP contribution in [0.15, 0.2) is 18.2 Å². The fourth-order valence-corrected chi connectivity index (χ4v) is 2.56. The minimum absolute atomic E-state index is 0.313. The number of ether oxygens (including phenoxy) is 3. The number of benzene rings is 1. The third kappa shape index (κ3) is 3.64. The third-order valence-electron chi connectivity index (χ3n) is 3.96. The second kappa shape index (κ2) is 7.50. The molecule has 4 heteroatoms. The number of aryl methyl sites for hydroxylation is 1. The molecule has 2 atom stereocenters. The molecule has 20 heavy (non-hydrogen) atoms. The zero-order chi connectivity index (χ0) is 14.4. The van der Waals surface area contributed by atoms with Crippen LogP contribution in [-0.4, -0.2) is 40.0 Å². The van der Waals surface area contributed by atoms with Crippen molar-refractivity contribution in [1.82, 2.24) is 5.32 Å². The molecule has 2 unspecified atom stereocenters. The highest BCUT2D eigenvalue weighted by Gasteiger charge is 2.25. The van der Waals surface area contributed by atoms with E-state index in [1.807, 2.05) is 19.2 Å². The van der Waals surface area contributed by atoms with E-state index in [9.17, 15) is 0 Å². The number of nitrogens with one attached hydrogen (secondary N) is 1. The fraction of sp³-hybridized carbons (Fsp3) is 0.625. The van der Waals surface area contributed by atoms with Gasteiger partial charge in [0.25, 0.3) is 0 Å². The summed E-state index contributed by atoms with van der Waals surface area (Å²) in [6.07, 6.45) is 2.09. The van der Waals surface area contributed by atoms with E-state index in [0.717, 1.165) is 37.6 Å². The Morgan fingerprint density at radius 1 is 1.40 bits per heavy atom. The summed E-state index contributed by atoms with van der Waals surface area (Å²) >= 11 is 0. The predicted octanol–water partition coefficient (Wildman–Crippen LogP) is 2.26. The molecule has 0 bridgehead atoms. The molecule has 4 nitrogen and oxygen atoms in total. The second-order valence-electron chi connectivity index (χ2n) is 5.17. The number of rotatable bonds is 7. The molecule has 1 N–H and O–H groups in total. The first kappa shape index (κ1) is 15.1. The fourth-order valence-electron chi connectivity index (χ4n) is 2.56. The van der Waals surface area contributed by atoms with Gasteiger partial charge in [-0.1, -0.05) is 13.0 Å². The van der Waals surface area contributed by atoms with Gasteiger partial charge in [0.1, 0.15) is 6.61 Å². The maximum absolute atomic E-state index is 5.95. The van der Waals surface area contributed by atoms with Gasteiger partial charge in [-0.2, -0.15) is 0 Å². The van der Waals surface area contributed by atoms with Crippen molar-refractivity contribution in [3.05, 3.63) is 23.8 Å². The van der Waals surface area contributed by atoms with Crippen LogP contribution in [0.1, 0.15) is 18.9 Å². The molecule has 0 spiro atoms. The van der Waals surface area contributed by atoms with Crippen molar-refractivity contribution in [3.8, 4) is 11.5 Å². The number of hydrogen-bond donors (Lipinski definition) is 1. The Morgan fingerprint density at radius 3 is 2.85 bits per heavy atom. The first-order valence-electron chi connectivity index (χ1n) is 7.33. The Labute approximate surface area is 121 Å². The molecule has 0 amide bonds. The van der Waals surface area contributed by atoms with Crippen molar-refractivity contribution in [2.75, 3.05) is 34.0 Å². The second-order valence-corrected chi connectivity index (χ2v) is 5.17. The molecule has 0 radical (unpaired) electrons. The summed E-state index contributed by atoms with van der Waals surface area (Å²) in [5.74, 6) is 2.15. The standard InChI is InChI=1S/C16H25NO3/c1-4-12-5-6-15(16(9-12)18-3)20-11-14(17-2)13-7-8-19-10-13/h5-6,9,13-14,17H,4,7-8,10-11H2,1-3H3. The summed E-state index contributed by atoms with van der Waals surface area (Å²) in [6.45, 7) is 4.44. The molecule has 2 rings (SSSR count). The van der Waals surface area contributed by atoms with Crippen LogP contribution in [0.5, 0.6) is 11.5 Å². The minimum Gasteiger partial charge on any atom is -0.493 e. The third-order valence-corrected chi connectivity index (χ3v) is 3.96. The van der Waals surface area contributed by atoms with E-state index in [1.165, 1.54) is 5.56 Å². The van der Waals surface area contributed by atoms with Crippen molar-refractivity contribution in [2.45, 2.75) is 25.8 Å². The predicted molar refractivity (Wildman–Crippen MR) is 79.6 cm³/mol. The highest BCUT2D eigenvalue weighted by atomic mass is 16.5. The molecule has 1 aliphatic rings. The SMILES string of the molecule is CCc1ccc(OCC(NC)C2CCOC2)c(OC)c1. The van der Waals surface area contributed by atoms with Gasteiger partial charge in [-0.25, -0.2) is 0 Å². The van der Waals surface area contributed by atoms with Gasteiger partial charge in [0.2, 0.25) is 0 Å². The van der Waals surface area contributed by atoms with Crippen molar-refractivity contribution >= 4 is 0 Å². The molecule has 1 aromatic carbocycles. The smallest absolute Gasteiger partial charge is 0.161 e. The van der Waals surface area contributed by atoms with Crippen LogP contribution in [0.3, 0.4) is 0 Å². The zero-order valence-electron chi connectivity index (χ0n) is 12.6. The number of hydrogen-bond acceptors (Lipinski definition) is 4. The molecule has 112 valence electrons. The normalized spacial score (nSPS) is 19.9. The van der Waals surface area contributed by atoms with Gasteiger partial charge in [0.05, 0.1) is 13.7 Å². The Hall–Kier alpha value is -1.26. The van der Waals surface area contributed by atoms with E-state index in [4.69, 9.17) is 14.2 Å². The lowest BCUT2D eigenvalue weighted by atomic mass is 10.00. The van der Waals surface area contributed by atoms with Gasteiger partial charge in [0, 0.05) is 18.6 Å². The number of methoxy groups -OCH3 is 1. The molecule has 1 fully saturated rings. The van der Waals surface area contributed by atoms with Crippen molar-refractivity contribution in [2.24, 2.45) is 5.92 Å². The minimum atomic E-state index is 0.313. The highest BCUT2D eigenvalue weighted by molar-refractivity contribution is 5.43. The largest absolute Gasteiger partial charge is 0.493 e. The summed E-state index contributed by atoms with van der Waals surface area (Å²) in [6, 6.07) is 6.44. The summed E-state index contributed by atoms with van der Waals surface area (Å²) in [5.41, 5.74) is 1.25. The van der Waals surface area contributed by atoms with E-state index in [0.29, 0.717) is 18.6 Å². The molecule has 1 saturated heterocycles. The Kier molecular flexibility index (Phi) is 5.68.